The van der Waals surface area contributed by atoms with Crippen LogP contribution in [0.5, 0.6) is 0 Å². The largest absolute Gasteiger partial charge is 0.348 e. The van der Waals surface area contributed by atoms with Crippen LogP contribution in [0.3, 0.4) is 0 Å². The number of rotatable bonds is 6. The molecule has 4 aromatic rings. The monoisotopic (exact) mass is 441 g/mol. The lowest BCUT2D eigenvalue weighted by Crippen LogP contribution is -2.53. The highest BCUT2D eigenvalue weighted by atomic mass is 16.1. The summed E-state index contributed by atoms with van der Waals surface area (Å²) in [7, 11) is 0. The lowest BCUT2D eigenvalue weighted by molar-refractivity contribution is 0.0937. The first-order chi connectivity index (χ1) is 16.0. The summed E-state index contributed by atoms with van der Waals surface area (Å²) in [5, 5.41) is 17.7. The molecule has 1 fully saturated rings. The Morgan fingerprint density at radius 1 is 1.24 bits per heavy atom. The Kier molecular flexibility index (Phi) is 5.22. The van der Waals surface area contributed by atoms with E-state index in [1.54, 1.807) is 18.6 Å². The molecule has 4 aromatic heterocycles. The number of fused-ring (bicyclic) bond motifs is 1. The summed E-state index contributed by atoms with van der Waals surface area (Å²) in [5.41, 5.74) is 2.02. The summed E-state index contributed by atoms with van der Waals surface area (Å²) in [6, 6.07) is 8.23. The van der Waals surface area contributed by atoms with E-state index in [0.717, 1.165) is 16.7 Å². The highest BCUT2D eigenvalue weighted by Crippen LogP contribution is 2.39. The molecule has 1 amide bonds. The van der Waals surface area contributed by atoms with E-state index >= 15 is 0 Å². The number of nitriles is 1. The minimum absolute atomic E-state index is 0.0205. The summed E-state index contributed by atoms with van der Waals surface area (Å²) in [5.74, 6) is 0.490. The first-order valence-corrected chi connectivity index (χ1v) is 10.8. The zero-order valence-electron chi connectivity index (χ0n) is 18.3. The van der Waals surface area contributed by atoms with Crippen molar-refractivity contribution in [1.29, 1.82) is 5.26 Å². The summed E-state index contributed by atoms with van der Waals surface area (Å²) >= 11 is 0. The third-order valence-corrected chi connectivity index (χ3v) is 5.70. The number of nitrogens with one attached hydrogen (secondary N) is 1. The number of carbonyl (C=O) groups is 1. The van der Waals surface area contributed by atoms with Crippen molar-refractivity contribution in [2.45, 2.75) is 32.5 Å². The van der Waals surface area contributed by atoms with E-state index in [0.29, 0.717) is 18.8 Å². The van der Waals surface area contributed by atoms with Gasteiger partial charge in [0.1, 0.15) is 23.3 Å². The first-order valence-electron chi connectivity index (χ1n) is 10.8. The standard InChI is InChI=1S/C23H23N9O/c1-15(2)29-22(33)19-11-27-20(12-26-19)31-13-17(5-7-24)23(31)32-14-18(10-28-32)30-9-6-16-4-3-8-25-21(16)30/h3-4,6,8-12,14-15,17,23H,5,13H2,1-2H3,(H,29,33). The Morgan fingerprint density at radius 2 is 2.12 bits per heavy atom. The zero-order valence-corrected chi connectivity index (χ0v) is 18.3. The number of aromatic nitrogens is 6. The van der Waals surface area contributed by atoms with Crippen LogP contribution in [0.4, 0.5) is 5.82 Å². The lowest BCUT2D eigenvalue weighted by Gasteiger charge is -2.47. The molecule has 1 saturated heterocycles. The van der Waals surface area contributed by atoms with E-state index in [2.05, 4.69) is 31.4 Å². The Bertz CT molecular complexity index is 1330. The summed E-state index contributed by atoms with van der Waals surface area (Å²) in [6.45, 7) is 4.45. The highest BCUT2D eigenvalue weighted by Gasteiger charge is 2.41. The fourth-order valence-corrected chi connectivity index (χ4v) is 4.14. The maximum Gasteiger partial charge on any atom is 0.271 e. The molecule has 5 heterocycles. The number of amides is 1. The van der Waals surface area contributed by atoms with Crippen molar-refractivity contribution in [1.82, 2.24) is 34.6 Å². The van der Waals surface area contributed by atoms with Crippen molar-refractivity contribution >= 4 is 22.8 Å². The predicted molar refractivity (Wildman–Crippen MR) is 122 cm³/mol. The third kappa shape index (κ3) is 3.78. The fraction of sp³-hybridized carbons (Fsp3) is 0.304. The molecule has 2 unspecified atom stereocenters. The van der Waals surface area contributed by atoms with Crippen molar-refractivity contribution in [2.24, 2.45) is 5.92 Å². The average molecular weight is 441 g/mol. The highest BCUT2D eigenvalue weighted by molar-refractivity contribution is 5.92. The molecule has 33 heavy (non-hydrogen) atoms. The third-order valence-electron chi connectivity index (χ3n) is 5.70. The van der Waals surface area contributed by atoms with Gasteiger partial charge in [-0.3, -0.25) is 9.36 Å². The Labute approximate surface area is 190 Å². The maximum atomic E-state index is 12.2. The minimum Gasteiger partial charge on any atom is -0.348 e. The molecule has 2 atom stereocenters. The number of pyridine rings is 1. The second-order valence-electron chi connectivity index (χ2n) is 8.36. The van der Waals surface area contributed by atoms with E-state index < -0.39 is 0 Å². The second kappa shape index (κ2) is 8.35. The van der Waals surface area contributed by atoms with Crippen LogP contribution in [0.15, 0.2) is 55.4 Å². The molecule has 166 valence electrons. The summed E-state index contributed by atoms with van der Waals surface area (Å²) < 4.78 is 3.85. The smallest absolute Gasteiger partial charge is 0.271 e. The normalized spacial score (nSPS) is 17.7. The topological polar surface area (TPSA) is 118 Å². The van der Waals surface area contributed by atoms with Crippen molar-refractivity contribution in [3.63, 3.8) is 0 Å². The van der Waals surface area contributed by atoms with Crippen molar-refractivity contribution < 1.29 is 4.79 Å². The quantitative estimate of drug-likeness (QED) is 0.489. The maximum absolute atomic E-state index is 12.2. The fourth-order valence-electron chi connectivity index (χ4n) is 4.14. The number of nitrogens with zero attached hydrogens (tertiary/aromatic N) is 8. The van der Waals surface area contributed by atoms with E-state index in [1.807, 2.05) is 58.6 Å². The number of anilines is 1. The number of hydrogen-bond acceptors (Lipinski definition) is 7. The van der Waals surface area contributed by atoms with Gasteiger partial charge >= 0.3 is 0 Å². The van der Waals surface area contributed by atoms with Crippen LogP contribution in [-0.2, 0) is 0 Å². The van der Waals surface area contributed by atoms with Gasteiger partial charge in [0.2, 0.25) is 0 Å². The van der Waals surface area contributed by atoms with E-state index in [9.17, 15) is 10.1 Å². The molecule has 1 aliphatic heterocycles. The van der Waals surface area contributed by atoms with Crippen LogP contribution in [0, 0.1) is 17.2 Å². The molecule has 1 N–H and O–H groups in total. The van der Waals surface area contributed by atoms with Gasteiger partial charge in [-0.25, -0.2) is 19.6 Å². The van der Waals surface area contributed by atoms with Crippen LogP contribution in [0.25, 0.3) is 16.7 Å². The molecule has 0 bridgehead atoms. The van der Waals surface area contributed by atoms with Gasteiger partial charge in [-0.05, 0) is 32.0 Å². The van der Waals surface area contributed by atoms with Gasteiger partial charge in [0.05, 0.1) is 36.5 Å². The Balaban J connectivity index is 1.41. The molecule has 10 nitrogen and oxygen atoms in total. The Morgan fingerprint density at radius 3 is 2.88 bits per heavy atom. The molecule has 0 spiro atoms. The Hall–Kier alpha value is -4.26. The van der Waals surface area contributed by atoms with Gasteiger partial charge in [-0.15, -0.1) is 0 Å². The molecule has 5 rings (SSSR count). The molecule has 0 aromatic carbocycles. The summed E-state index contributed by atoms with van der Waals surface area (Å²) in [4.78, 5) is 27.4. The van der Waals surface area contributed by atoms with Gasteiger partial charge in [-0.2, -0.15) is 10.4 Å². The van der Waals surface area contributed by atoms with Gasteiger partial charge in [0, 0.05) is 42.7 Å². The van der Waals surface area contributed by atoms with Crippen LogP contribution in [0.1, 0.15) is 36.9 Å². The number of carbonyl (C=O) groups excluding carboxylic acids is 1. The SMILES string of the molecule is CC(C)NC(=O)c1cnc(N2CC(CC#N)C2n2cc(-n3ccc4cccnc43)cn2)cn1. The van der Waals surface area contributed by atoms with Crippen LogP contribution < -0.4 is 10.2 Å². The summed E-state index contributed by atoms with van der Waals surface area (Å²) in [6.07, 6.45) is 10.8. The van der Waals surface area contributed by atoms with E-state index in [4.69, 9.17) is 0 Å². The van der Waals surface area contributed by atoms with E-state index in [-0.39, 0.29) is 29.7 Å². The molecule has 0 radical (unpaired) electrons. The van der Waals surface area contributed by atoms with Crippen molar-refractivity contribution in [3.05, 3.63) is 61.1 Å². The first kappa shape index (κ1) is 20.6. The molecule has 0 aliphatic carbocycles. The molecule has 10 heteroatoms. The minimum atomic E-state index is -0.254. The second-order valence-corrected chi connectivity index (χ2v) is 8.36. The van der Waals surface area contributed by atoms with E-state index in [1.165, 1.54) is 6.20 Å². The molecular formula is C23H23N9O. The molecule has 0 saturated carbocycles. The van der Waals surface area contributed by atoms with Crippen LogP contribution in [-0.4, -0.2) is 47.8 Å². The average Bonchev–Trinajstić information content (AvgIpc) is 3.43. The van der Waals surface area contributed by atoms with Gasteiger partial charge in [0.25, 0.3) is 5.91 Å². The van der Waals surface area contributed by atoms with Gasteiger partial charge in [0.15, 0.2) is 0 Å². The van der Waals surface area contributed by atoms with Crippen molar-refractivity contribution in [3.8, 4) is 11.8 Å². The van der Waals surface area contributed by atoms with Crippen molar-refractivity contribution in [2.75, 3.05) is 11.4 Å². The molecular weight excluding hydrogens is 418 g/mol. The van der Waals surface area contributed by atoms with Crippen LogP contribution >= 0.6 is 0 Å². The predicted octanol–water partition coefficient (Wildman–Crippen LogP) is 2.70. The number of hydrogen-bond donors (Lipinski definition) is 1. The van der Waals surface area contributed by atoms with Gasteiger partial charge < -0.3 is 10.2 Å². The zero-order chi connectivity index (χ0) is 22.9. The van der Waals surface area contributed by atoms with Crippen LogP contribution in [0.2, 0.25) is 0 Å². The molecule has 1 aliphatic rings. The lowest BCUT2D eigenvalue weighted by atomic mass is 9.92. The van der Waals surface area contributed by atoms with Gasteiger partial charge in [-0.1, -0.05) is 0 Å².